The van der Waals surface area contributed by atoms with Crippen molar-refractivity contribution in [2.24, 2.45) is 11.1 Å². The van der Waals surface area contributed by atoms with Gasteiger partial charge in [0.05, 0.1) is 6.04 Å². The Labute approximate surface area is 103 Å². The second kappa shape index (κ2) is 7.27. The highest BCUT2D eigenvalue weighted by atomic mass is 16.4. The first kappa shape index (κ1) is 15.9. The normalized spacial score (nSPS) is 13.4. The molecule has 0 heterocycles. The third-order valence-corrected chi connectivity index (χ3v) is 2.96. The van der Waals surface area contributed by atoms with Crippen LogP contribution in [0.25, 0.3) is 0 Å². The van der Waals surface area contributed by atoms with Crippen molar-refractivity contribution in [3.8, 4) is 0 Å². The average Bonchev–Trinajstić information content (AvgIpc) is 2.21. The van der Waals surface area contributed by atoms with E-state index >= 15 is 0 Å². The summed E-state index contributed by atoms with van der Waals surface area (Å²) in [6, 6.07) is -0.287. The van der Waals surface area contributed by atoms with E-state index in [0.29, 0.717) is 19.4 Å². The van der Waals surface area contributed by atoms with E-state index in [1.165, 1.54) is 0 Å². The zero-order chi connectivity index (χ0) is 13.5. The summed E-state index contributed by atoms with van der Waals surface area (Å²) in [5, 5.41) is 11.7. The van der Waals surface area contributed by atoms with Gasteiger partial charge in [-0.1, -0.05) is 20.8 Å². The molecule has 0 aromatic rings. The van der Waals surface area contributed by atoms with E-state index in [1.807, 2.05) is 20.8 Å². The number of nitrogens with one attached hydrogen (secondary N) is 1. The highest BCUT2D eigenvalue weighted by Crippen LogP contribution is 2.26. The van der Waals surface area contributed by atoms with Crippen LogP contribution in [0.15, 0.2) is 0 Å². The predicted molar refractivity (Wildman–Crippen MR) is 66.5 cm³/mol. The van der Waals surface area contributed by atoms with Crippen LogP contribution >= 0.6 is 0 Å². The third kappa shape index (κ3) is 7.74. The van der Waals surface area contributed by atoms with Crippen molar-refractivity contribution in [3.63, 3.8) is 0 Å². The number of nitrogens with two attached hydrogens (primary N) is 1. The fraction of sp³-hybridized carbons (Fsp3) is 0.833. The van der Waals surface area contributed by atoms with Gasteiger partial charge in [-0.25, -0.2) is 0 Å². The van der Waals surface area contributed by atoms with Crippen molar-refractivity contribution in [2.75, 3.05) is 6.54 Å². The van der Waals surface area contributed by atoms with Gasteiger partial charge in [0.25, 0.3) is 0 Å². The van der Waals surface area contributed by atoms with Crippen LogP contribution in [0.3, 0.4) is 0 Å². The van der Waals surface area contributed by atoms with Crippen LogP contribution in [0, 0.1) is 5.41 Å². The van der Waals surface area contributed by atoms with E-state index in [1.54, 1.807) is 0 Å². The summed E-state index contributed by atoms with van der Waals surface area (Å²) in [5.41, 5.74) is 5.18. The minimum absolute atomic E-state index is 0.0403. The SMILES string of the molecule is CCC(NCCC(C)(C)CCC(=O)O)C(N)=O. The molecule has 1 unspecified atom stereocenters. The Hall–Kier alpha value is -1.10. The van der Waals surface area contributed by atoms with E-state index in [4.69, 9.17) is 10.8 Å². The van der Waals surface area contributed by atoms with Gasteiger partial charge in [0.2, 0.25) is 5.91 Å². The topological polar surface area (TPSA) is 92.4 Å². The Kier molecular flexibility index (Phi) is 6.80. The number of carboxylic acid groups (broad SMARTS) is 1. The van der Waals surface area contributed by atoms with Gasteiger partial charge in [0, 0.05) is 6.42 Å². The van der Waals surface area contributed by atoms with Crippen LogP contribution in [-0.2, 0) is 9.59 Å². The molecule has 1 atom stereocenters. The molecule has 0 spiro atoms. The van der Waals surface area contributed by atoms with Gasteiger partial charge in [0.15, 0.2) is 0 Å². The largest absolute Gasteiger partial charge is 0.481 e. The summed E-state index contributed by atoms with van der Waals surface area (Å²) in [6.45, 7) is 6.64. The molecule has 0 saturated heterocycles. The highest BCUT2D eigenvalue weighted by Gasteiger charge is 2.20. The second-order valence-electron chi connectivity index (χ2n) is 5.13. The molecule has 0 aromatic heterocycles. The maximum atomic E-state index is 11.0. The summed E-state index contributed by atoms with van der Waals surface area (Å²) in [7, 11) is 0. The van der Waals surface area contributed by atoms with Crippen molar-refractivity contribution in [1.29, 1.82) is 0 Å². The number of hydrogen-bond donors (Lipinski definition) is 3. The molecular formula is C12H24N2O3. The van der Waals surface area contributed by atoms with E-state index in [-0.39, 0.29) is 23.8 Å². The lowest BCUT2D eigenvalue weighted by Gasteiger charge is -2.25. The molecule has 0 aliphatic heterocycles. The fourth-order valence-corrected chi connectivity index (χ4v) is 1.60. The van der Waals surface area contributed by atoms with Crippen molar-refractivity contribution in [3.05, 3.63) is 0 Å². The molecule has 0 rings (SSSR count). The molecule has 0 radical (unpaired) electrons. The Balaban J connectivity index is 3.92. The van der Waals surface area contributed by atoms with Crippen LogP contribution in [0.5, 0.6) is 0 Å². The van der Waals surface area contributed by atoms with Crippen LogP contribution in [0.2, 0.25) is 0 Å². The molecule has 0 aliphatic carbocycles. The van der Waals surface area contributed by atoms with Gasteiger partial charge in [-0.15, -0.1) is 0 Å². The van der Waals surface area contributed by atoms with E-state index in [2.05, 4.69) is 5.32 Å². The van der Waals surface area contributed by atoms with Crippen LogP contribution < -0.4 is 11.1 Å². The van der Waals surface area contributed by atoms with Gasteiger partial charge in [-0.2, -0.15) is 0 Å². The number of aliphatic carboxylic acids is 1. The minimum Gasteiger partial charge on any atom is -0.481 e. The van der Waals surface area contributed by atoms with E-state index in [9.17, 15) is 9.59 Å². The molecule has 0 bridgehead atoms. The third-order valence-electron chi connectivity index (χ3n) is 2.96. The van der Waals surface area contributed by atoms with Crippen molar-refractivity contribution in [1.82, 2.24) is 5.32 Å². The molecule has 0 aromatic carbocycles. The zero-order valence-electron chi connectivity index (χ0n) is 11.0. The zero-order valence-corrected chi connectivity index (χ0v) is 11.0. The molecule has 0 saturated carbocycles. The van der Waals surface area contributed by atoms with Crippen molar-refractivity contribution in [2.45, 2.75) is 52.5 Å². The average molecular weight is 244 g/mol. The van der Waals surface area contributed by atoms with Crippen molar-refractivity contribution >= 4 is 11.9 Å². The first-order chi connectivity index (χ1) is 7.78. The van der Waals surface area contributed by atoms with Crippen LogP contribution in [-0.4, -0.2) is 29.6 Å². The summed E-state index contributed by atoms with van der Waals surface area (Å²) < 4.78 is 0. The minimum atomic E-state index is -0.769. The fourth-order valence-electron chi connectivity index (χ4n) is 1.60. The Bertz CT molecular complexity index is 264. The summed E-state index contributed by atoms with van der Waals surface area (Å²) in [5.74, 6) is -1.11. The lowest BCUT2D eigenvalue weighted by atomic mass is 9.84. The quantitative estimate of drug-likeness (QED) is 0.566. The molecular weight excluding hydrogens is 220 g/mol. The molecule has 4 N–H and O–H groups in total. The molecule has 17 heavy (non-hydrogen) atoms. The Morgan fingerprint density at radius 2 is 1.94 bits per heavy atom. The molecule has 0 fully saturated rings. The summed E-state index contributed by atoms with van der Waals surface area (Å²) in [4.78, 5) is 21.5. The van der Waals surface area contributed by atoms with Gasteiger partial charge in [0.1, 0.15) is 0 Å². The number of rotatable bonds is 9. The number of carbonyl (C=O) groups excluding carboxylic acids is 1. The van der Waals surface area contributed by atoms with Gasteiger partial charge in [-0.05, 0) is 31.2 Å². The molecule has 5 nitrogen and oxygen atoms in total. The predicted octanol–water partition coefficient (Wildman–Crippen LogP) is 1.12. The number of amides is 1. The Morgan fingerprint density at radius 1 is 1.35 bits per heavy atom. The standard InChI is InChI=1S/C12H24N2O3/c1-4-9(11(13)17)14-8-7-12(2,3)6-5-10(15)16/h9,14H,4-8H2,1-3H3,(H2,13,17)(H,15,16). The number of carboxylic acids is 1. The van der Waals surface area contributed by atoms with Gasteiger partial charge >= 0.3 is 5.97 Å². The first-order valence-electron chi connectivity index (χ1n) is 6.03. The summed E-state index contributed by atoms with van der Waals surface area (Å²) in [6.07, 6.45) is 2.31. The summed E-state index contributed by atoms with van der Waals surface area (Å²) >= 11 is 0. The lowest BCUT2D eigenvalue weighted by molar-refractivity contribution is -0.137. The Morgan fingerprint density at radius 3 is 2.35 bits per heavy atom. The molecule has 0 aliphatic rings. The van der Waals surface area contributed by atoms with Crippen molar-refractivity contribution < 1.29 is 14.7 Å². The molecule has 1 amide bonds. The monoisotopic (exact) mass is 244 g/mol. The number of hydrogen-bond acceptors (Lipinski definition) is 3. The number of primary amides is 1. The second-order valence-corrected chi connectivity index (χ2v) is 5.13. The maximum Gasteiger partial charge on any atom is 0.303 e. The van der Waals surface area contributed by atoms with E-state index < -0.39 is 5.97 Å². The molecule has 5 heteroatoms. The van der Waals surface area contributed by atoms with E-state index in [0.717, 1.165) is 6.42 Å². The lowest BCUT2D eigenvalue weighted by Crippen LogP contribution is -2.42. The van der Waals surface area contributed by atoms with Crippen LogP contribution in [0.4, 0.5) is 0 Å². The smallest absolute Gasteiger partial charge is 0.303 e. The van der Waals surface area contributed by atoms with Gasteiger partial charge in [-0.3, -0.25) is 9.59 Å². The molecule has 100 valence electrons. The maximum absolute atomic E-state index is 11.0. The number of carbonyl (C=O) groups is 2. The first-order valence-corrected chi connectivity index (χ1v) is 6.03. The highest BCUT2D eigenvalue weighted by molar-refractivity contribution is 5.79. The van der Waals surface area contributed by atoms with Gasteiger partial charge < -0.3 is 16.2 Å². The van der Waals surface area contributed by atoms with Crippen LogP contribution in [0.1, 0.15) is 46.5 Å².